The van der Waals surface area contributed by atoms with Crippen molar-refractivity contribution >= 4 is 11.9 Å². The summed E-state index contributed by atoms with van der Waals surface area (Å²) in [6.07, 6.45) is 0.977. The number of nitrogens with one attached hydrogen (secondary N) is 1. The van der Waals surface area contributed by atoms with Gasteiger partial charge in [0.2, 0.25) is 5.91 Å². The van der Waals surface area contributed by atoms with Crippen LogP contribution < -0.4 is 5.32 Å². The van der Waals surface area contributed by atoms with E-state index >= 15 is 0 Å². The van der Waals surface area contributed by atoms with Crippen LogP contribution in [-0.4, -0.2) is 60.3 Å². The Morgan fingerprint density at radius 1 is 1.42 bits per heavy atom. The van der Waals surface area contributed by atoms with Crippen LogP contribution in [0.5, 0.6) is 0 Å². The third-order valence-corrected chi connectivity index (χ3v) is 3.07. The van der Waals surface area contributed by atoms with Crippen molar-refractivity contribution in [1.29, 1.82) is 0 Å². The number of likely N-dealkylation sites (tertiary alicyclic amines) is 1. The molecule has 0 aromatic rings. The molecule has 0 radical (unpaired) electrons. The zero-order valence-electron chi connectivity index (χ0n) is 11.9. The molecule has 0 saturated carbocycles. The maximum absolute atomic E-state index is 11.6. The second-order valence-electron chi connectivity index (χ2n) is 5.81. The molecule has 1 amide bonds. The molecule has 19 heavy (non-hydrogen) atoms. The lowest BCUT2D eigenvalue weighted by Gasteiger charge is -2.46. The molecule has 1 fully saturated rings. The molecule has 0 aromatic heterocycles. The van der Waals surface area contributed by atoms with Crippen molar-refractivity contribution in [3.63, 3.8) is 0 Å². The number of ether oxygens (including phenoxy) is 1. The highest BCUT2D eigenvalue weighted by molar-refractivity contribution is 5.78. The van der Waals surface area contributed by atoms with Crippen LogP contribution in [0.1, 0.15) is 27.2 Å². The minimum atomic E-state index is -0.967. The molecular weight excluding hydrogens is 248 g/mol. The Morgan fingerprint density at radius 2 is 2.05 bits per heavy atom. The van der Waals surface area contributed by atoms with Gasteiger partial charge >= 0.3 is 5.97 Å². The Morgan fingerprint density at radius 3 is 2.58 bits per heavy atom. The number of amides is 1. The topological polar surface area (TPSA) is 78.9 Å². The van der Waals surface area contributed by atoms with Gasteiger partial charge in [0.25, 0.3) is 0 Å². The molecule has 6 nitrogen and oxygen atoms in total. The molecule has 0 spiro atoms. The summed E-state index contributed by atoms with van der Waals surface area (Å²) >= 11 is 0. The van der Waals surface area contributed by atoms with Crippen LogP contribution in [0.4, 0.5) is 0 Å². The summed E-state index contributed by atoms with van der Waals surface area (Å²) in [4.78, 5) is 24.0. The van der Waals surface area contributed by atoms with Gasteiger partial charge in [0.15, 0.2) is 0 Å². The largest absolute Gasteiger partial charge is 0.480 e. The zero-order chi connectivity index (χ0) is 14.5. The zero-order valence-corrected chi connectivity index (χ0v) is 11.9. The van der Waals surface area contributed by atoms with E-state index in [1.165, 1.54) is 0 Å². The van der Waals surface area contributed by atoms with Gasteiger partial charge in [-0.15, -0.1) is 0 Å². The third kappa shape index (κ3) is 6.02. The van der Waals surface area contributed by atoms with Gasteiger partial charge in [0.1, 0.15) is 6.61 Å². The average Bonchev–Trinajstić information content (AvgIpc) is 2.23. The first-order valence-corrected chi connectivity index (χ1v) is 6.65. The van der Waals surface area contributed by atoms with Gasteiger partial charge in [-0.25, -0.2) is 4.79 Å². The van der Waals surface area contributed by atoms with Crippen LogP contribution in [0.15, 0.2) is 0 Å². The number of rotatable bonds is 8. The first-order chi connectivity index (χ1) is 8.81. The molecule has 0 bridgehead atoms. The summed E-state index contributed by atoms with van der Waals surface area (Å²) < 4.78 is 5.28. The monoisotopic (exact) mass is 272 g/mol. The lowest BCUT2D eigenvalue weighted by molar-refractivity contribution is -0.166. The van der Waals surface area contributed by atoms with Crippen molar-refractivity contribution < 1.29 is 19.4 Å². The van der Waals surface area contributed by atoms with Gasteiger partial charge in [0, 0.05) is 19.6 Å². The highest BCUT2D eigenvalue weighted by atomic mass is 16.5. The predicted octanol–water partition coefficient (Wildman–Crippen LogP) is 0.324. The fourth-order valence-corrected chi connectivity index (χ4v) is 2.10. The Bertz CT molecular complexity index is 325. The number of carbonyl (C=O) groups excluding carboxylic acids is 1. The van der Waals surface area contributed by atoms with Crippen molar-refractivity contribution in [2.45, 2.75) is 32.8 Å². The fraction of sp³-hybridized carbons (Fsp3) is 0.846. The second kappa shape index (κ2) is 6.86. The molecule has 110 valence electrons. The second-order valence-corrected chi connectivity index (χ2v) is 5.81. The lowest BCUT2D eigenvalue weighted by Crippen LogP contribution is -2.63. The predicted molar refractivity (Wildman–Crippen MR) is 70.9 cm³/mol. The molecule has 0 aromatic carbocycles. The smallest absolute Gasteiger partial charge is 0.329 e. The number of nitrogens with zero attached hydrogens (tertiary/aromatic N) is 1. The minimum Gasteiger partial charge on any atom is -0.480 e. The van der Waals surface area contributed by atoms with E-state index in [1.807, 2.05) is 11.8 Å². The number of hydrogen-bond donors (Lipinski definition) is 2. The standard InChI is InChI=1S/C13H24N2O4/c1-10(2)4-5-14-11(16)6-15-8-13(3,9-15)19-7-12(17)18/h10H,4-9H2,1-3H3,(H,14,16)(H,17,18). The summed E-state index contributed by atoms with van der Waals surface area (Å²) in [5, 5.41) is 11.4. The van der Waals surface area contributed by atoms with E-state index in [0.717, 1.165) is 6.42 Å². The van der Waals surface area contributed by atoms with Gasteiger partial charge in [-0.05, 0) is 19.3 Å². The highest BCUT2D eigenvalue weighted by Crippen LogP contribution is 2.23. The summed E-state index contributed by atoms with van der Waals surface area (Å²) in [5.41, 5.74) is -0.434. The van der Waals surface area contributed by atoms with Crippen LogP contribution in [-0.2, 0) is 14.3 Å². The summed E-state index contributed by atoms with van der Waals surface area (Å²) in [6, 6.07) is 0. The van der Waals surface area contributed by atoms with E-state index in [9.17, 15) is 9.59 Å². The molecule has 6 heteroatoms. The average molecular weight is 272 g/mol. The molecule has 2 N–H and O–H groups in total. The van der Waals surface area contributed by atoms with Crippen LogP contribution in [0.3, 0.4) is 0 Å². The molecular formula is C13H24N2O4. The van der Waals surface area contributed by atoms with Crippen molar-refractivity contribution in [3.05, 3.63) is 0 Å². The number of aliphatic carboxylic acids is 1. The van der Waals surface area contributed by atoms with Crippen molar-refractivity contribution in [1.82, 2.24) is 10.2 Å². The summed E-state index contributed by atoms with van der Waals surface area (Å²) in [7, 11) is 0. The lowest BCUT2D eigenvalue weighted by atomic mass is 9.96. The van der Waals surface area contributed by atoms with E-state index < -0.39 is 11.6 Å². The van der Waals surface area contributed by atoms with Crippen LogP contribution >= 0.6 is 0 Å². The molecule has 1 aliphatic rings. The molecule has 1 aliphatic heterocycles. The molecule has 1 heterocycles. The third-order valence-electron chi connectivity index (χ3n) is 3.07. The number of hydrogen-bond acceptors (Lipinski definition) is 4. The Balaban J connectivity index is 2.13. The summed E-state index contributed by atoms with van der Waals surface area (Å²) in [5.74, 6) is -0.371. The van der Waals surface area contributed by atoms with Crippen LogP contribution in [0.25, 0.3) is 0 Å². The first kappa shape index (κ1) is 15.9. The molecule has 0 aliphatic carbocycles. The van der Waals surface area contributed by atoms with Gasteiger partial charge in [-0.1, -0.05) is 13.8 Å². The molecule has 0 atom stereocenters. The minimum absolute atomic E-state index is 0.0148. The van der Waals surface area contributed by atoms with Crippen LogP contribution in [0.2, 0.25) is 0 Å². The molecule has 1 saturated heterocycles. The maximum Gasteiger partial charge on any atom is 0.329 e. The Hall–Kier alpha value is -1.14. The van der Waals surface area contributed by atoms with Gasteiger partial charge in [0.05, 0.1) is 12.1 Å². The van der Waals surface area contributed by atoms with Gasteiger partial charge < -0.3 is 15.2 Å². The normalized spacial score (nSPS) is 18.1. The Kier molecular flexibility index (Phi) is 5.75. The van der Waals surface area contributed by atoms with Gasteiger partial charge in [-0.3, -0.25) is 9.69 Å². The summed E-state index contributed by atoms with van der Waals surface area (Å²) in [6.45, 7) is 8.06. The van der Waals surface area contributed by atoms with E-state index in [0.29, 0.717) is 32.1 Å². The number of carboxylic acids is 1. The van der Waals surface area contributed by atoms with Crippen molar-refractivity contribution in [2.24, 2.45) is 5.92 Å². The maximum atomic E-state index is 11.6. The quantitative estimate of drug-likeness (QED) is 0.665. The van der Waals surface area contributed by atoms with E-state index in [4.69, 9.17) is 9.84 Å². The van der Waals surface area contributed by atoms with E-state index in [-0.39, 0.29) is 12.5 Å². The first-order valence-electron chi connectivity index (χ1n) is 6.65. The SMILES string of the molecule is CC(C)CCNC(=O)CN1CC(C)(OCC(=O)O)C1. The van der Waals surface area contributed by atoms with Crippen molar-refractivity contribution in [2.75, 3.05) is 32.8 Å². The van der Waals surface area contributed by atoms with Crippen molar-refractivity contribution in [3.8, 4) is 0 Å². The molecule has 1 rings (SSSR count). The number of carboxylic acid groups (broad SMARTS) is 1. The highest BCUT2D eigenvalue weighted by Gasteiger charge is 2.40. The Labute approximate surface area is 114 Å². The number of carbonyl (C=O) groups is 2. The fourth-order valence-electron chi connectivity index (χ4n) is 2.10. The molecule has 0 unspecified atom stereocenters. The van der Waals surface area contributed by atoms with E-state index in [2.05, 4.69) is 19.2 Å². The van der Waals surface area contributed by atoms with Crippen LogP contribution in [0, 0.1) is 5.92 Å². The van der Waals surface area contributed by atoms with Gasteiger partial charge in [-0.2, -0.15) is 0 Å². The van der Waals surface area contributed by atoms with E-state index in [1.54, 1.807) is 0 Å².